The van der Waals surface area contributed by atoms with Crippen LogP contribution in [-0.4, -0.2) is 18.1 Å². The molecule has 68 valence electrons. The van der Waals surface area contributed by atoms with Crippen molar-refractivity contribution in [3.8, 4) is 0 Å². The maximum absolute atomic E-state index is 10.7. The zero-order valence-electron chi connectivity index (χ0n) is 6.65. The van der Waals surface area contributed by atoms with Gasteiger partial charge in [0.25, 0.3) is 0 Å². The summed E-state index contributed by atoms with van der Waals surface area (Å²) in [4.78, 5) is 13.0. The minimum atomic E-state index is -3.95. The Kier molecular flexibility index (Phi) is 5.72. The lowest BCUT2D eigenvalue weighted by molar-refractivity contribution is -0.220. The summed E-state index contributed by atoms with van der Waals surface area (Å²) in [6.07, 6.45) is 0.653. The Morgan fingerprint density at radius 3 is 2.55 bits per heavy atom. The highest BCUT2D eigenvalue weighted by Gasteiger charge is 2.21. The first kappa shape index (κ1) is 11.1. The SMILES string of the molecule is CCCOP(=O)(O)OOCC. The fourth-order valence-electron chi connectivity index (χ4n) is 0.347. The van der Waals surface area contributed by atoms with Crippen LogP contribution in [0.3, 0.4) is 0 Å². The zero-order valence-corrected chi connectivity index (χ0v) is 7.54. The lowest BCUT2D eigenvalue weighted by atomic mass is 10.5. The standard InChI is InChI=1S/C5H13O5P/c1-3-5-9-11(6,7)10-8-4-2/h3-5H2,1-2H3,(H,6,7). The lowest BCUT2D eigenvalue weighted by Crippen LogP contribution is -1.97. The average molecular weight is 184 g/mol. The van der Waals surface area contributed by atoms with E-state index in [0.717, 1.165) is 0 Å². The zero-order chi connectivity index (χ0) is 8.74. The van der Waals surface area contributed by atoms with E-state index in [4.69, 9.17) is 4.89 Å². The fraction of sp³-hybridized carbons (Fsp3) is 1.00. The van der Waals surface area contributed by atoms with Crippen LogP contribution in [0.5, 0.6) is 0 Å². The molecule has 0 aromatic heterocycles. The Balaban J connectivity index is 3.53. The molecule has 0 aliphatic rings. The summed E-state index contributed by atoms with van der Waals surface area (Å²) in [7, 11) is -3.95. The maximum atomic E-state index is 10.7. The van der Waals surface area contributed by atoms with Crippen LogP contribution in [0.4, 0.5) is 0 Å². The number of hydrogen-bond donors (Lipinski definition) is 1. The van der Waals surface area contributed by atoms with Gasteiger partial charge in [0, 0.05) is 0 Å². The molecule has 0 amide bonds. The number of hydrogen-bond acceptors (Lipinski definition) is 4. The van der Waals surface area contributed by atoms with Gasteiger partial charge in [0.2, 0.25) is 0 Å². The molecule has 0 bridgehead atoms. The van der Waals surface area contributed by atoms with Crippen molar-refractivity contribution in [2.75, 3.05) is 13.2 Å². The van der Waals surface area contributed by atoms with Crippen LogP contribution in [-0.2, 0) is 18.7 Å². The molecule has 0 aromatic carbocycles. The van der Waals surface area contributed by atoms with Crippen LogP contribution in [0, 0.1) is 0 Å². The first-order chi connectivity index (χ1) is 5.12. The Labute approximate surface area is 65.8 Å². The first-order valence-corrected chi connectivity index (χ1v) is 4.90. The van der Waals surface area contributed by atoms with Gasteiger partial charge in [-0.25, -0.2) is 9.45 Å². The molecule has 0 radical (unpaired) electrons. The van der Waals surface area contributed by atoms with E-state index in [0.29, 0.717) is 6.42 Å². The molecule has 1 N–H and O–H groups in total. The third kappa shape index (κ3) is 6.47. The number of rotatable bonds is 6. The highest BCUT2D eigenvalue weighted by Crippen LogP contribution is 2.43. The molecule has 0 heterocycles. The number of phosphoric ester groups is 1. The van der Waals surface area contributed by atoms with E-state index in [1.807, 2.05) is 6.92 Å². The van der Waals surface area contributed by atoms with Crippen molar-refractivity contribution < 1.29 is 23.5 Å². The molecule has 5 nitrogen and oxygen atoms in total. The molecule has 1 atom stereocenters. The van der Waals surface area contributed by atoms with Crippen LogP contribution in [0.1, 0.15) is 20.3 Å². The summed E-state index contributed by atoms with van der Waals surface area (Å²) >= 11 is 0. The van der Waals surface area contributed by atoms with Gasteiger partial charge in [0.15, 0.2) is 0 Å². The summed E-state index contributed by atoms with van der Waals surface area (Å²) in [5.41, 5.74) is 0. The summed E-state index contributed by atoms with van der Waals surface area (Å²) in [6.45, 7) is 3.85. The highest BCUT2D eigenvalue weighted by molar-refractivity contribution is 7.47. The van der Waals surface area contributed by atoms with E-state index >= 15 is 0 Å². The molecule has 6 heteroatoms. The molecular formula is C5H13O5P. The van der Waals surface area contributed by atoms with Crippen molar-refractivity contribution in [3.05, 3.63) is 0 Å². The summed E-state index contributed by atoms with van der Waals surface area (Å²) in [5, 5.41) is 0. The van der Waals surface area contributed by atoms with Crippen molar-refractivity contribution in [1.82, 2.24) is 0 Å². The third-order valence-corrected chi connectivity index (χ3v) is 1.53. The van der Waals surface area contributed by atoms with Crippen LogP contribution < -0.4 is 0 Å². The minimum absolute atomic E-state index is 0.181. The predicted octanol–water partition coefficient (Wildman–Crippen LogP) is 1.48. The second kappa shape index (κ2) is 5.69. The summed E-state index contributed by atoms with van der Waals surface area (Å²) in [6, 6.07) is 0. The molecular weight excluding hydrogens is 171 g/mol. The van der Waals surface area contributed by atoms with Crippen molar-refractivity contribution in [1.29, 1.82) is 0 Å². The Morgan fingerprint density at radius 1 is 1.45 bits per heavy atom. The van der Waals surface area contributed by atoms with Gasteiger partial charge >= 0.3 is 7.82 Å². The summed E-state index contributed by atoms with van der Waals surface area (Å²) in [5.74, 6) is 0. The largest absolute Gasteiger partial charge is 0.499 e. The van der Waals surface area contributed by atoms with E-state index in [-0.39, 0.29) is 13.2 Å². The van der Waals surface area contributed by atoms with Crippen LogP contribution in [0.15, 0.2) is 0 Å². The molecule has 0 fully saturated rings. The van der Waals surface area contributed by atoms with Crippen LogP contribution >= 0.6 is 7.82 Å². The van der Waals surface area contributed by atoms with Gasteiger partial charge in [-0.3, -0.25) is 4.52 Å². The monoisotopic (exact) mass is 184 g/mol. The summed E-state index contributed by atoms with van der Waals surface area (Å²) < 4.78 is 19.2. The van der Waals surface area contributed by atoms with E-state index in [1.54, 1.807) is 6.92 Å². The molecule has 0 rings (SSSR count). The molecule has 0 aliphatic heterocycles. The lowest BCUT2D eigenvalue weighted by Gasteiger charge is -2.08. The maximum Gasteiger partial charge on any atom is 0.499 e. The Bertz CT molecular complexity index is 125. The van der Waals surface area contributed by atoms with Crippen LogP contribution in [0.2, 0.25) is 0 Å². The molecule has 0 spiro atoms. The van der Waals surface area contributed by atoms with Crippen molar-refractivity contribution in [2.45, 2.75) is 20.3 Å². The van der Waals surface area contributed by atoms with Crippen LogP contribution in [0.25, 0.3) is 0 Å². The van der Waals surface area contributed by atoms with Gasteiger partial charge in [-0.05, 0) is 13.3 Å². The Hall–Kier alpha value is 0.0700. The first-order valence-electron chi connectivity index (χ1n) is 3.41. The van der Waals surface area contributed by atoms with Gasteiger partial charge in [-0.1, -0.05) is 6.92 Å². The Morgan fingerprint density at radius 2 is 2.09 bits per heavy atom. The topological polar surface area (TPSA) is 65.0 Å². The van der Waals surface area contributed by atoms with E-state index in [1.165, 1.54) is 0 Å². The molecule has 11 heavy (non-hydrogen) atoms. The van der Waals surface area contributed by atoms with Gasteiger partial charge in [0.05, 0.1) is 13.2 Å². The molecule has 0 aromatic rings. The second-order valence-electron chi connectivity index (χ2n) is 1.78. The molecule has 0 saturated heterocycles. The van der Waals surface area contributed by atoms with Gasteiger partial charge < -0.3 is 4.89 Å². The third-order valence-electron chi connectivity index (χ3n) is 0.723. The average Bonchev–Trinajstić information content (AvgIpc) is 1.97. The molecule has 0 saturated carbocycles. The van der Waals surface area contributed by atoms with Crippen molar-refractivity contribution in [3.63, 3.8) is 0 Å². The fourth-order valence-corrected chi connectivity index (χ4v) is 1.04. The van der Waals surface area contributed by atoms with Gasteiger partial charge in [0.1, 0.15) is 0 Å². The van der Waals surface area contributed by atoms with Crippen molar-refractivity contribution >= 4 is 7.82 Å². The van der Waals surface area contributed by atoms with Gasteiger partial charge in [-0.15, -0.1) is 4.67 Å². The smallest absolute Gasteiger partial charge is 0.301 e. The molecule has 1 unspecified atom stereocenters. The van der Waals surface area contributed by atoms with E-state index < -0.39 is 7.82 Å². The normalized spacial score (nSPS) is 16.3. The van der Waals surface area contributed by atoms with E-state index in [2.05, 4.69) is 14.1 Å². The molecule has 0 aliphatic carbocycles. The predicted molar refractivity (Wildman–Crippen MR) is 38.8 cm³/mol. The van der Waals surface area contributed by atoms with Gasteiger partial charge in [-0.2, -0.15) is 0 Å². The van der Waals surface area contributed by atoms with Crippen molar-refractivity contribution in [2.24, 2.45) is 0 Å². The van der Waals surface area contributed by atoms with E-state index in [9.17, 15) is 4.57 Å². The number of phosphoric acid groups is 1. The minimum Gasteiger partial charge on any atom is -0.301 e. The highest BCUT2D eigenvalue weighted by atomic mass is 31.2. The second-order valence-corrected chi connectivity index (χ2v) is 3.13. The quantitative estimate of drug-likeness (QED) is 0.384.